The van der Waals surface area contributed by atoms with Crippen LogP contribution >= 0.6 is 0 Å². The Morgan fingerprint density at radius 3 is 2.59 bits per heavy atom. The van der Waals surface area contributed by atoms with Crippen molar-refractivity contribution in [1.82, 2.24) is 5.32 Å². The summed E-state index contributed by atoms with van der Waals surface area (Å²) in [6.45, 7) is 4.15. The van der Waals surface area contributed by atoms with E-state index in [1.807, 2.05) is 6.07 Å². The van der Waals surface area contributed by atoms with Gasteiger partial charge in [0.25, 0.3) is 0 Å². The summed E-state index contributed by atoms with van der Waals surface area (Å²) in [5.74, 6) is 2.12. The first-order chi connectivity index (χ1) is 8.27. The molecule has 90 valence electrons. The fourth-order valence-corrected chi connectivity index (χ4v) is 2.81. The number of carbonyl (C=O) groups is 1. The van der Waals surface area contributed by atoms with E-state index in [-0.39, 0.29) is 5.92 Å². The summed E-state index contributed by atoms with van der Waals surface area (Å²) in [4.78, 5) is 12.3. The van der Waals surface area contributed by atoms with E-state index in [2.05, 4.69) is 36.5 Å². The molecule has 1 aliphatic carbocycles. The van der Waals surface area contributed by atoms with Crippen LogP contribution in [0.25, 0.3) is 0 Å². The summed E-state index contributed by atoms with van der Waals surface area (Å²) in [5, 5.41) is 3.25. The molecule has 1 heterocycles. The molecule has 0 amide bonds. The van der Waals surface area contributed by atoms with Gasteiger partial charge in [-0.15, -0.1) is 0 Å². The maximum atomic E-state index is 12.3. The lowest BCUT2D eigenvalue weighted by molar-refractivity contribution is -0.125. The van der Waals surface area contributed by atoms with Gasteiger partial charge >= 0.3 is 0 Å². The fraction of sp³-hybridized carbons (Fsp3) is 0.533. The van der Waals surface area contributed by atoms with Gasteiger partial charge in [0.1, 0.15) is 5.78 Å². The Morgan fingerprint density at radius 2 is 2.00 bits per heavy atom. The lowest BCUT2D eigenvalue weighted by Gasteiger charge is -2.31. The molecule has 2 nitrogen and oxygen atoms in total. The molecule has 1 saturated heterocycles. The summed E-state index contributed by atoms with van der Waals surface area (Å²) in [7, 11) is 0. The van der Waals surface area contributed by atoms with Crippen LogP contribution in [-0.4, -0.2) is 18.9 Å². The third-order valence-corrected chi connectivity index (χ3v) is 4.35. The third-order valence-electron chi connectivity index (χ3n) is 4.35. The number of hydrogen-bond acceptors (Lipinski definition) is 2. The van der Waals surface area contributed by atoms with Crippen molar-refractivity contribution in [3.8, 4) is 0 Å². The normalized spacial score (nSPS) is 29.5. The molecule has 3 unspecified atom stereocenters. The van der Waals surface area contributed by atoms with Crippen LogP contribution in [0, 0.1) is 17.8 Å². The molecular formula is C15H19NO. The van der Waals surface area contributed by atoms with E-state index in [4.69, 9.17) is 0 Å². The quantitative estimate of drug-likeness (QED) is 0.857. The van der Waals surface area contributed by atoms with E-state index in [1.54, 1.807) is 0 Å². The number of rotatable bonds is 4. The smallest absolute Gasteiger partial charge is 0.139 e. The molecule has 0 radical (unpaired) electrons. The largest absolute Gasteiger partial charge is 0.316 e. The molecule has 2 aliphatic rings. The van der Waals surface area contributed by atoms with Gasteiger partial charge < -0.3 is 5.32 Å². The second-order valence-electron chi connectivity index (χ2n) is 5.47. The Morgan fingerprint density at radius 1 is 1.29 bits per heavy atom. The molecule has 0 bridgehead atoms. The standard InChI is InChI=1S/C15H19NO/c1-10(12-8-16-9-12)15(17)14-7-13(14)11-5-3-2-4-6-11/h2-6,10,12-14,16H,7-9H2,1H3. The molecular weight excluding hydrogens is 210 g/mol. The zero-order valence-electron chi connectivity index (χ0n) is 10.2. The van der Waals surface area contributed by atoms with Gasteiger partial charge in [-0.25, -0.2) is 0 Å². The summed E-state index contributed by atoms with van der Waals surface area (Å²) < 4.78 is 0. The van der Waals surface area contributed by atoms with E-state index in [0.29, 0.717) is 23.5 Å². The predicted molar refractivity (Wildman–Crippen MR) is 67.8 cm³/mol. The Balaban J connectivity index is 1.62. The van der Waals surface area contributed by atoms with Gasteiger partial charge in [0.2, 0.25) is 0 Å². The van der Waals surface area contributed by atoms with E-state index >= 15 is 0 Å². The Labute approximate surface area is 102 Å². The van der Waals surface area contributed by atoms with E-state index in [0.717, 1.165) is 19.5 Å². The second kappa shape index (κ2) is 4.26. The highest BCUT2D eigenvalue weighted by Crippen LogP contribution is 2.49. The SMILES string of the molecule is CC(C(=O)C1CC1c1ccccc1)C1CNC1. The number of carbonyl (C=O) groups excluding carboxylic acids is 1. The maximum Gasteiger partial charge on any atom is 0.139 e. The van der Waals surface area contributed by atoms with E-state index in [9.17, 15) is 4.79 Å². The number of ketones is 1. The average molecular weight is 229 g/mol. The van der Waals surface area contributed by atoms with Gasteiger partial charge in [-0.2, -0.15) is 0 Å². The highest BCUT2D eigenvalue weighted by atomic mass is 16.1. The molecule has 3 atom stereocenters. The zero-order chi connectivity index (χ0) is 11.8. The number of nitrogens with one attached hydrogen (secondary N) is 1. The van der Waals surface area contributed by atoms with Gasteiger partial charge in [0.05, 0.1) is 0 Å². The molecule has 0 aromatic heterocycles. The Bertz CT molecular complexity index is 410. The first-order valence-electron chi connectivity index (χ1n) is 6.56. The maximum absolute atomic E-state index is 12.3. The number of hydrogen-bond donors (Lipinski definition) is 1. The molecule has 1 N–H and O–H groups in total. The topological polar surface area (TPSA) is 29.1 Å². The minimum absolute atomic E-state index is 0.245. The van der Waals surface area contributed by atoms with Crippen LogP contribution in [0.2, 0.25) is 0 Å². The van der Waals surface area contributed by atoms with Crippen molar-refractivity contribution in [3.05, 3.63) is 35.9 Å². The highest BCUT2D eigenvalue weighted by Gasteiger charge is 2.46. The summed E-state index contributed by atoms with van der Waals surface area (Å²) >= 11 is 0. The van der Waals surface area contributed by atoms with Crippen molar-refractivity contribution in [2.24, 2.45) is 17.8 Å². The molecule has 1 aliphatic heterocycles. The second-order valence-corrected chi connectivity index (χ2v) is 5.47. The van der Waals surface area contributed by atoms with Crippen LogP contribution in [0.3, 0.4) is 0 Å². The van der Waals surface area contributed by atoms with Crippen LogP contribution in [-0.2, 0) is 4.79 Å². The van der Waals surface area contributed by atoms with Crippen molar-refractivity contribution in [3.63, 3.8) is 0 Å². The van der Waals surface area contributed by atoms with Crippen LogP contribution in [0.1, 0.15) is 24.8 Å². The lowest BCUT2D eigenvalue weighted by Crippen LogP contribution is -2.47. The summed E-state index contributed by atoms with van der Waals surface area (Å²) in [5.41, 5.74) is 1.34. The number of benzene rings is 1. The van der Waals surface area contributed by atoms with Gasteiger partial charge in [0.15, 0.2) is 0 Å². The van der Waals surface area contributed by atoms with Crippen molar-refractivity contribution in [1.29, 1.82) is 0 Å². The molecule has 2 fully saturated rings. The Kier molecular flexibility index (Phi) is 2.75. The van der Waals surface area contributed by atoms with Gasteiger partial charge in [-0.3, -0.25) is 4.79 Å². The average Bonchev–Trinajstić information content (AvgIpc) is 3.07. The van der Waals surface area contributed by atoms with Gasteiger partial charge in [0, 0.05) is 11.8 Å². The first kappa shape index (κ1) is 11.0. The zero-order valence-corrected chi connectivity index (χ0v) is 10.2. The Hall–Kier alpha value is -1.15. The van der Waals surface area contributed by atoms with Crippen molar-refractivity contribution < 1.29 is 4.79 Å². The van der Waals surface area contributed by atoms with Crippen molar-refractivity contribution in [2.45, 2.75) is 19.3 Å². The number of Topliss-reactive ketones (excluding diaryl/α,β-unsaturated/α-hetero) is 1. The monoisotopic (exact) mass is 229 g/mol. The molecule has 1 saturated carbocycles. The van der Waals surface area contributed by atoms with E-state index in [1.165, 1.54) is 5.56 Å². The summed E-state index contributed by atoms with van der Waals surface area (Å²) in [6, 6.07) is 10.5. The first-order valence-corrected chi connectivity index (χ1v) is 6.56. The van der Waals surface area contributed by atoms with Crippen LogP contribution in [0.15, 0.2) is 30.3 Å². The van der Waals surface area contributed by atoms with Crippen LogP contribution in [0.5, 0.6) is 0 Å². The molecule has 3 rings (SSSR count). The fourth-order valence-electron chi connectivity index (χ4n) is 2.81. The van der Waals surface area contributed by atoms with Crippen LogP contribution < -0.4 is 5.32 Å². The van der Waals surface area contributed by atoms with Gasteiger partial charge in [-0.1, -0.05) is 37.3 Å². The summed E-state index contributed by atoms with van der Waals surface area (Å²) in [6.07, 6.45) is 1.06. The molecule has 17 heavy (non-hydrogen) atoms. The minimum atomic E-state index is 0.245. The minimum Gasteiger partial charge on any atom is -0.316 e. The highest BCUT2D eigenvalue weighted by molar-refractivity contribution is 5.87. The van der Waals surface area contributed by atoms with E-state index < -0.39 is 0 Å². The third kappa shape index (κ3) is 2.02. The predicted octanol–water partition coefficient (Wildman–Crippen LogP) is 2.21. The molecule has 0 spiro atoms. The van der Waals surface area contributed by atoms with Crippen molar-refractivity contribution in [2.75, 3.05) is 13.1 Å². The molecule has 1 aromatic carbocycles. The van der Waals surface area contributed by atoms with Crippen LogP contribution in [0.4, 0.5) is 0 Å². The molecule has 1 aromatic rings. The van der Waals surface area contributed by atoms with Crippen molar-refractivity contribution >= 4 is 5.78 Å². The lowest BCUT2D eigenvalue weighted by atomic mass is 9.84. The molecule has 2 heteroatoms. The van der Waals surface area contributed by atoms with Gasteiger partial charge in [-0.05, 0) is 36.9 Å².